The highest BCUT2D eigenvalue weighted by molar-refractivity contribution is 8.00. The van der Waals surface area contributed by atoms with Crippen molar-refractivity contribution in [3.8, 4) is 0 Å². The van der Waals surface area contributed by atoms with Crippen LogP contribution in [0.25, 0.3) is 0 Å². The minimum absolute atomic E-state index is 0.0156. The van der Waals surface area contributed by atoms with Gasteiger partial charge >= 0.3 is 0 Å². The molecule has 0 aromatic rings. The van der Waals surface area contributed by atoms with Gasteiger partial charge in [0.1, 0.15) is 0 Å². The second kappa shape index (κ2) is 3.45. The maximum Gasteiger partial charge on any atom is 0.0552 e. The first kappa shape index (κ1) is 10.8. The summed E-state index contributed by atoms with van der Waals surface area (Å²) in [6.45, 7) is 7.01. The van der Waals surface area contributed by atoms with E-state index in [0.717, 1.165) is 18.8 Å². The summed E-state index contributed by atoms with van der Waals surface area (Å²) in [5, 5.41) is 0. The van der Waals surface area contributed by atoms with Gasteiger partial charge in [-0.05, 0) is 37.0 Å². The second-order valence-corrected chi connectivity index (χ2v) is 7.19. The fraction of sp³-hybridized carbons (Fsp3) is 1.00. The Morgan fingerprint density at radius 2 is 1.50 bits per heavy atom. The third-order valence-corrected chi connectivity index (χ3v) is 3.91. The van der Waals surface area contributed by atoms with E-state index < -0.39 is 0 Å². The van der Waals surface area contributed by atoms with Crippen LogP contribution < -0.4 is 0 Å². The van der Waals surface area contributed by atoms with E-state index in [1.807, 2.05) is 0 Å². The standard InChI is InChI=1S/C10H20S2/c1-9(2,3)8-4-6-10(11,12)7-5-8/h8,11-12H,4-7H2,1-3H3. The lowest BCUT2D eigenvalue weighted by molar-refractivity contribution is 0.178. The summed E-state index contributed by atoms with van der Waals surface area (Å²) in [5.41, 5.74) is 0.470. The highest BCUT2D eigenvalue weighted by Gasteiger charge is 2.33. The molecular formula is C10H20S2. The van der Waals surface area contributed by atoms with Crippen LogP contribution in [0.1, 0.15) is 46.5 Å². The Labute approximate surface area is 87.3 Å². The quantitative estimate of drug-likeness (QED) is 0.435. The Morgan fingerprint density at radius 3 is 1.83 bits per heavy atom. The molecule has 72 valence electrons. The maximum atomic E-state index is 4.52. The molecule has 0 aromatic carbocycles. The fourth-order valence-electron chi connectivity index (χ4n) is 1.95. The van der Waals surface area contributed by atoms with Gasteiger partial charge in [0.15, 0.2) is 0 Å². The molecule has 0 nitrogen and oxygen atoms in total. The summed E-state index contributed by atoms with van der Waals surface area (Å²) in [6, 6.07) is 0. The van der Waals surface area contributed by atoms with E-state index in [2.05, 4.69) is 46.0 Å². The highest BCUT2D eigenvalue weighted by atomic mass is 32.2. The van der Waals surface area contributed by atoms with Crippen LogP contribution in [0.5, 0.6) is 0 Å². The zero-order valence-corrected chi connectivity index (χ0v) is 10.1. The van der Waals surface area contributed by atoms with Crippen LogP contribution in [0.4, 0.5) is 0 Å². The Balaban J connectivity index is 2.47. The predicted molar refractivity (Wildman–Crippen MR) is 62.1 cm³/mol. The van der Waals surface area contributed by atoms with Crippen molar-refractivity contribution in [2.75, 3.05) is 0 Å². The molecule has 0 unspecified atom stereocenters. The van der Waals surface area contributed by atoms with Crippen molar-refractivity contribution in [1.82, 2.24) is 0 Å². The van der Waals surface area contributed by atoms with Gasteiger partial charge in [-0.3, -0.25) is 0 Å². The molecule has 0 heterocycles. The molecule has 0 N–H and O–H groups in total. The summed E-state index contributed by atoms with van der Waals surface area (Å²) in [5.74, 6) is 0.866. The average Bonchev–Trinajstić information content (AvgIpc) is 1.83. The fourth-order valence-corrected chi connectivity index (χ4v) is 2.46. The van der Waals surface area contributed by atoms with Crippen molar-refractivity contribution in [2.45, 2.75) is 50.5 Å². The molecule has 2 heteroatoms. The summed E-state index contributed by atoms with van der Waals surface area (Å²) >= 11 is 9.04. The molecule has 0 bridgehead atoms. The summed E-state index contributed by atoms with van der Waals surface area (Å²) < 4.78 is 0.0156. The molecule has 1 rings (SSSR count). The molecule has 12 heavy (non-hydrogen) atoms. The van der Waals surface area contributed by atoms with Gasteiger partial charge < -0.3 is 0 Å². The molecule has 1 fully saturated rings. The van der Waals surface area contributed by atoms with Crippen molar-refractivity contribution >= 4 is 25.3 Å². The molecule has 0 atom stereocenters. The second-order valence-electron chi connectivity index (χ2n) is 5.12. The molecule has 0 amide bonds. The Morgan fingerprint density at radius 1 is 1.08 bits per heavy atom. The van der Waals surface area contributed by atoms with Gasteiger partial charge in [0.25, 0.3) is 0 Å². The first-order valence-corrected chi connectivity index (χ1v) is 5.65. The van der Waals surface area contributed by atoms with E-state index in [-0.39, 0.29) is 4.08 Å². The lowest BCUT2D eigenvalue weighted by Crippen LogP contribution is -2.30. The van der Waals surface area contributed by atoms with Crippen LogP contribution in [0.2, 0.25) is 0 Å². The monoisotopic (exact) mass is 204 g/mol. The SMILES string of the molecule is CC(C)(C)C1CCC(S)(S)CC1. The molecule has 1 saturated carbocycles. The molecule has 1 aliphatic rings. The molecule has 0 radical (unpaired) electrons. The van der Waals surface area contributed by atoms with Crippen LogP contribution >= 0.6 is 25.3 Å². The molecule has 0 spiro atoms. The predicted octanol–water partition coefficient (Wildman–Crippen LogP) is 3.78. The number of hydrogen-bond donors (Lipinski definition) is 2. The summed E-state index contributed by atoms with van der Waals surface area (Å²) in [6.07, 6.45) is 4.88. The third-order valence-electron chi connectivity index (χ3n) is 3.01. The molecule has 0 aliphatic heterocycles. The van der Waals surface area contributed by atoms with Crippen LogP contribution in [0, 0.1) is 11.3 Å². The average molecular weight is 204 g/mol. The van der Waals surface area contributed by atoms with Crippen molar-refractivity contribution in [3.63, 3.8) is 0 Å². The van der Waals surface area contributed by atoms with E-state index >= 15 is 0 Å². The normalized spacial score (nSPS) is 25.8. The summed E-state index contributed by atoms with van der Waals surface area (Å²) in [4.78, 5) is 0. The molecular weight excluding hydrogens is 184 g/mol. The van der Waals surface area contributed by atoms with Crippen LogP contribution in [-0.4, -0.2) is 4.08 Å². The van der Waals surface area contributed by atoms with Gasteiger partial charge in [0.05, 0.1) is 4.08 Å². The zero-order valence-electron chi connectivity index (χ0n) is 8.30. The van der Waals surface area contributed by atoms with Gasteiger partial charge in [0.2, 0.25) is 0 Å². The first-order valence-electron chi connectivity index (χ1n) is 4.76. The van der Waals surface area contributed by atoms with E-state index in [9.17, 15) is 0 Å². The van der Waals surface area contributed by atoms with E-state index in [1.165, 1.54) is 12.8 Å². The van der Waals surface area contributed by atoms with Gasteiger partial charge in [0, 0.05) is 0 Å². The highest BCUT2D eigenvalue weighted by Crippen LogP contribution is 2.45. The van der Waals surface area contributed by atoms with Gasteiger partial charge in [-0.25, -0.2) is 0 Å². The summed E-state index contributed by atoms with van der Waals surface area (Å²) in [7, 11) is 0. The lowest BCUT2D eigenvalue weighted by Gasteiger charge is -2.39. The smallest absolute Gasteiger partial charge is 0.0552 e. The van der Waals surface area contributed by atoms with E-state index in [0.29, 0.717) is 5.41 Å². The molecule has 1 aliphatic carbocycles. The molecule has 0 saturated heterocycles. The third kappa shape index (κ3) is 2.88. The van der Waals surface area contributed by atoms with Crippen molar-refractivity contribution in [1.29, 1.82) is 0 Å². The van der Waals surface area contributed by atoms with Crippen molar-refractivity contribution in [3.05, 3.63) is 0 Å². The van der Waals surface area contributed by atoms with Gasteiger partial charge in [-0.15, -0.1) is 0 Å². The Hall–Kier alpha value is 0.700. The van der Waals surface area contributed by atoms with Crippen molar-refractivity contribution in [2.24, 2.45) is 11.3 Å². The first-order chi connectivity index (χ1) is 5.31. The maximum absolute atomic E-state index is 4.52. The van der Waals surface area contributed by atoms with Gasteiger partial charge in [-0.2, -0.15) is 25.3 Å². The van der Waals surface area contributed by atoms with Gasteiger partial charge in [-0.1, -0.05) is 20.8 Å². The number of hydrogen-bond acceptors (Lipinski definition) is 2. The lowest BCUT2D eigenvalue weighted by atomic mass is 9.72. The Kier molecular flexibility index (Phi) is 3.10. The van der Waals surface area contributed by atoms with Crippen molar-refractivity contribution < 1.29 is 0 Å². The topological polar surface area (TPSA) is 0 Å². The molecule has 0 aromatic heterocycles. The van der Waals surface area contributed by atoms with E-state index in [4.69, 9.17) is 0 Å². The zero-order chi connectivity index (χ0) is 9.41. The van der Waals surface area contributed by atoms with Crippen LogP contribution in [0.15, 0.2) is 0 Å². The largest absolute Gasteiger partial charge is 0.162 e. The van der Waals surface area contributed by atoms with Crippen LogP contribution in [-0.2, 0) is 0 Å². The minimum Gasteiger partial charge on any atom is -0.162 e. The van der Waals surface area contributed by atoms with E-state index in [1.54, 1.807) is 0 Å². The van der Waals surface area contributed by atoms with Crippen LogP contribution in [0.3, 0.4) is 0 Å². The Bertz CT molecular complexity index is 146. The number of thiol groups is 2. The minimum atomic E-state index is 0.0156. The number of rotatable bonds is 0.